The van der Waals surface area contributed by atoms with E-state index in [1.54, 1.807) is 0 Å². The van der Waals surface area contributed by atoms with Crippen LogP contribution in [0, 0.1) is 17.1 Å². The second kappa shape index (κ2) is 6.57. The van der Waals surface area contributed by atoms with Crippen molar-refractivity contribution >= 4 is 29.1 Å². The summed E-state index contributed by atoms with van der Waals surface area (Å²) in [5, 5.41) is 11.9. The molecule has 0 bridgehead atoms. The molecule has 21 heavy (non-hydrogen) atoms. The number of nitriles is 1. The minimum absolute atomic E-state index is 0.000504. The zero-order chi connectivity index (χ0) is 15.4. The number of halogens is 3. The van der Waals surface area contributed by atoms with E-state index in [-0.39, 0.29) is 17.7 Å². The van der Waals surface area contributed by atoms with Crippen LogP contribution in [0.3, 0.4) is 0 Å². The molecule has 3 nitrogen and oxygen atoms in total. The average Bonchev–Trinajstić information content (AvgIpc) is 2.44. The van der Waals surface area contributed by atoms with Crippen molar-refractivity contribution in [3.63, 3.8) is 0 Å². The van der Waals surface area contributed by atoms with Crippen molar-refractivity contribution in [1.82, 2.24) is 5.32 Å². The number of rotatable bonds is 3. The smallest absolute Gasteiger partial charge is 0.251 e. The van der Waals surface area contributed by atoms with Crippen molar-refractivity contribution < 1.29 is 9.18 Å². The van der Waals surface area contributed by atoms with E-state index in [1.165, 1.54) is 30.3 Å². The van der Waals surface area contributed by atoms with Gasteiger partial charge in [0, 0.05) is 27.7 Å². The topological polar surface area (TPSA) is 52.9 Å². The molecule has 2 rings (SSSR count). The van der Waals surface area contributed by atoms with Gasteiger partial charge >= 0.3 is 0 Å². The zero-order valence-electron chi connectivity index (χ0n) is 10.7. The minimum Gasteiger partial charge on any atom is -0.348 e. The van der Waals surface area contributed by atoms with Crippen molar-refractivity contribution in [2.24, 2.45) is 0 Å². The Morgan fingerprint density at radius 2 is 1.86 bits per heavy atom. The summed E-state index contributed by atoms with van der Waals surface area (Å²) >= 11 is 11.6. The molecule has 0 saturated heterocycles. The number of amides is 1. The molecule has 0 heterocycles. The van der Waals surface area contributed by atoms with Gasteiger partial charge in [0.15, 0.2) is 0 Å². The first-order chi connectivity index (χ1) is 9.99. The summed E-state index contributed by atoms with van der Waals surface area (Å²) in [4.78, 5) is 12.0. The summed E-state index contributed by atoms with van der Waals surface area (Å²) < 4.78 is 13.7. The van der Waals surface area contributed by atoms with E-state index in [0.29, 0.717) is 15.6 Å². The summed E-state index contributed by atoms with van der Waals surface area (Å²) in [5.41, 5.74) is 0.807. The summed E-state index contributed by atoms with van der Waals surface area (Å²) in [5.74, 6) is -0.957. The largest absolute Gasteiger partial charge is 0.348 e. The molecule has 0 saturated carbocycles. The Labute approximate surface area is 130 Å². The van der Waals surface area contributed by atoms with Crippen LogP contribution in [0.5, 0.6) is 0 Å². The highest BCUT2D eigenvalue weighted by Crippen LogP contribution is 2.19. The van der Waals surface area contributed by atoms with Gasteiger partial charge in [0.25, 0.3) is 5.91 Å². The number of hydrogen-bond acceptors (Lipinski definition) is 2. The van der Waals surface area contributed by atoms with Crippen LogP contribution in [-0.4, -0.2) is 5.91 Å². The molecule has 106 valence electrons. The van der Waals surface area contributed by atoms with Crippen LogP contribution in [0.4, 0.5) is 4.39 Å². The standard InChI is InChI=1S/C15H9Cl2FN2O/c16-12-4-11(5-13(17)6-12)15(21)20-8-10-2-1-9(7-19)3-14(10)18/h1-6H,8H2,(H,20,21). The summed E-state index contributed by atoms with van der Waals surface area (Å²) in [6.45, 7) is 0.000504. The van der Waals surface area contributed by atoms with Gasteiger partial charge < -0.3 is 5.32 Å². The second-order valence-corrected chi connectivity index (χ2v) is 5.13. The number of carbonyl (C=O) groups excluding carboxylic acids is 1. The van der Waals surface area contributed by atoms with Crippen LogP contribution >= 0.6 is 23.2 Å². The number of nitrogens with zero attached hydrogens (tertiary/aromatic N) is 1. The van der Waals surface area contributed by atoms with Crippen LogP contribution in [0.1, 0.15) is 21.5 Å². The van der Waals surface area contributed by atoms with Crippen LogP contribution in [0.2, 0.25) is 10.0 Å². The lowest BCUT2D eigenvalue weighted by molar-refractivity contribution is 0.0950. The molecule has 0 spiro atoms. The zero-order valence-corrected chi connectivity index (χ0v) is 12.2. The van der Waals surface area contributed by atoms with Gasteiger partial charge in [-0.25, -0.2) is 4.39 Å². The van der Waals surface area contributed by atoms with Crippen molar-refractivity contribution in [3.8, 4) is 6.07 Å². The molecule has 2 aromatic rings. The van der Waals surface area contributed by atoms with Crippen LogP contribution < -0.4 is 5.32 Å². The van der Waals surface area contributed by atoms with E-state index in [2.05, 4.69) is 5.32 Å². The monoisotopic (exact) mass is 322 g/mol. The molecular formula is C15H9Cl2FN2O. The molecule has 0 aliphatic rings. The van der Waals surface area contributed by atoms with Gasteiger partial charge in [-0.05, 0) is 30.3 Å². The molecule has 0 atom stereocenters. The third-order valence-electron chi connectivity index (χ3n) is 2.75. The summed E-state index contributed by atoms with van der Waals surface area (Å²) in [6, 6.07) is 10.4. The van der Waals surface area contributed by atoms with E-state index >= 15 is 0 Å². The maximum atomic E-state index is 13.7. The number of benzene rings is 2. The molecule has 6 heteroatoms. The first-order valence-electron chi connectivity index (χ1n) is 5.92. The van der Waals surface area contributed by atoms with E-state index in [0.717, 1.165) is 6.07 Å². The number of hydrogen-bond donors (Lipinski definition) is 1. The van der Waals surface area contributed by atoms with Gasteiger partial charge in [0.2, 0.25) is 0 Å². The second-order valence-electron chi connectivity index (χ2n) is 4.26. The maximum Gasteiger partial charge on any atom is 0.251 e. The molecule has 0 aliphatic heterocycles. The highest BCUT2D eigenvalue weighted by atomic mass is 35.5. The Balaban J connectivity index is 2.09. The lowest BCUT2D eigenvalue weighted by Crippen LogP contribution is -2.23. The molecule has 0 unspecified atom stereocenters. The molecule has 0 fully saturated rings. The lowest BCUT2D eigenvalue weighted by atomic mass is 10.1. The van der Waals surface area contributed by atoms with E-state index < -0.39 is 11.7 Å². The Kier molecular flexibility index (Phi) is 4.79. The molecular weight excluding hydrogens is 314 g/mol. The Hall–Kier alpha value is -2.09. The predicted molar refractivity (Wildman–Crippen MR) is 78.7 cm³/mol. The van der Waals surface area contributed by atoms with E-state index in [4.69, 9.17) is 28.5 Å². The predicted octanol–water partition coefficient (Wildman–Crippen LogP) is 3.93. The van der Waals surface area contributed by atoms with Crippen LogP contribution in [0.15, 0.2) is 36.4 Å². The third-order valence-corrected chi connectivity index (χ3v) is 3.18. The normalized spacial score (nSPS) is 10.0. The van der Waals surface area contributed by atoms with Crippen molar-refractivity contribution in [3.05, 3.63) is 69.0 Å². The fourth-order valence-electron chi connectivity index (χ4n) is 1.72. The van der Waals surface area contributed by atoms with E-state index in [9.17, 15) is 9.18 Å². The van der Waals surface area contributed by atoms with Gasteiger partial charge in [-0.15, -0.1) is 0 Å². The molecule has 2 aromatic carbocycles. The van der Waals surface area contributed by atoms with E-state index in [1.807, 2.05) is 6.07 Å². The van der Waals surface area contributed by atoms with Crippen LogP contribution in [-0.2, 0) is 6.54 Å². The van der Waals surface area contributed by atoms with Gasteiger partial charge in [-0.1, -0.05) is 29.3 Å². The molecule has 0 aromatic heterocycles. The quantitative estimate of drug-likeness (QED) is 0.930. The fourth-order valence-corrected chi connectivity index (χ4v) is 2.25. The number of carbonyl (C=O) groups is 1. The lowest BCUT2D eigenvalue weighted by Gasteiger charge is -2.07. The SMILES string of the molecule is N#Cc1ccc(CNC(=O)c2cc(Cl)cc(Cl)c2)c(F)c1. The van der Waals surface area contributed by atoms with Crippen molar-refractivity contribution in [1.29, 1.82) is 5.26 Å². The van der Waals surface area contributed by atoms with Crippen LogP contribution in [0.25, 0.3) is 0 Å². The van der Waals surface area contributed by atoms with Gasteiger partial charge in [-0.3, -0.25) is 4.79 Å². The highest BCUT2D eigenvalue weighted by Gasteiger charge is 2.09. The Morgan fingerprint density at radius 1 is 1.19 bits per heavy atom. The molecule has 1 amide bonds. The van der Waals surface area contributed by atoms with Gasteiger partial charge in [0.05, 0.1) is 11.6 Å². The molecule has 1 N–H and O–H groups in total. The maximum absolute atomic E-state index is 13.7. The van der Waals surface area contributed by atoms with Gasteiger partial charge in [-0.2, -0.15) is 5.26 Å². The molecule has 0 aliphatic carbocycles. The number of nitrogens with one attached hydrogen (secondary N) is 1. The molecule has 0 radical (unpaired) electrons. The van der Waals surface area contributed by atoms with Crippen molar-refractivity contribution in [2.45, 2.75) is 6.54 Å². The summed E-state index contributed by atoms with van der Waals surface area (Å²) in [6.07, 6.45) is 0. The summed E-state index contributed by atoms with van der Waals surface area (Å²) in [7, 11) is 0. The minimum atomic E-state index is -0.543. The van der Waals surface area contributed by atoms with Gasteiger partial charge in [0.1, 0.15) is 5.82 Å². The third kappa shape index (κ3) is 3.94. The highest BCUT2D eigenvalue weighted by molar-refractivity contribution is 6.35. The Morgan fingerprint density at radius 3 is 2.43 bits per heavy atom. The fraction of sp³-hybridized carbons (Fsp3) is 0.0667. The average molecular weight is 323 g/mol. The Bertz CT molecular complexity index is 721. The van der Waals surface area contributed by atoms with Crippen molar-refractivity contribution in [2.75, 3.05) is 0 Å². The first-order valence-corrected chi connectivity index (χ1v) is 6.68. The first kappa shape index (κ1) is 15.3.